The number of rotatable bonds is 2. The van der Waals surface area contributed by atoms with Gasteiger partial charge in [0.2, 0.25) is 16.7 Å². The van der Waals surface area contributed by atoms with E-state index in [1.807, 2.05) is 0 Å². The summed E-state index contributed by atoms with van der Waals surface area (Å²) in [4.78, 5) is 0. The Hall–Kier alpha value is -3.97. The summed E-state index contributed by atoms with van der Waals surface area (Å²) in [5.74, 6) is 0. The number of para-hydroxylation sites is 1. The van der Waals surface area contributed by atoms with E-state index in [2.05, 4.69) is 142 Å². The lowest BCUT2D eigenvalue weighted by Crippen LogP contribution is -2.33. The molecule has 0 aliphatic heterocycles. The number of hydrogen-bond donors (Lipinski definition) is 0. The molecule has 6 aromatic rings. The summed E-state index contributed by atoms with van der Waals surface area (Å²) in [6.07, 6.45) is 0. The van der Waals surface area contributed by atoms with E-state index in [1.54, 1.807) is 0 Å². The van der Waals surface area contributed by atoms with Crippen LogP contribution in [0.25, 0.3) is 49.4 Å². The fourth-order valence-electron chi connectivity index (χ4n) is 5.68. The minimum Gasteiger partial charge on any atom is -0.152 e. The van der Waals surface area contributed by atoms with Crippen LogP contribution in [0.5, 0.6) is 0 Å². The predicted molar refractivity (Wildman–Crippen MR) is 154 cm³/mol. The topological polar surface area (TPSA) is 3.88 Å². The van der Waals surface area contributed by atoms with Crippen molar-refractivity contribution >= 4 is 32.6 Å². The van der Waals surface area contributed by atoms with Crippen LogP contribution in [-0.4, -0.2) is 0 Å². The van der Waals surface area contributed by atoms with Crippen LogP contribution in [0.1, 0.15) is 37.5 Å². The molecule has 0 spiro atoms. The summed E-state index contributed by atoms with van der Waals surface area (Å²) in [6, 6.07) is 37.9. The Kier molecular flexibility index (Phi) is 5.19. The number of pyridine rings is 1. The van der Waals surface area contributed by atoms with Crippen molar-refractivity contribution in [1.29, 1.82) is 0 Å². The average molecular weight is 467 g/mol. The van der Waals surface area contributed by atoms with E-state index in [0.29, 0.717) is 0 Å². The summed E-state index contributed by atoms with van der Waals surface area (Å²) in [6.45, 7) is 11.4. The summed E-state index contributed by atoms with van der Waals surface area (Å²) in [5.41, 5.74) is 10.4. The van der Waals surface area contributed by atoms with Gasteiger partial charge in [-0.25, -0.2) is 0 Å². The van der Waals surface area contributed by atoms with Crippen LogP contribution in [0.3, 0.4) is 0 Å². The minimum atomic E-state index is 0.0577. The molecule has 0 radical (unpaired) electrons. The molecule has 0 fully saturated rings. The third-order valence-corrected chi connectivity index (χ3v) is 7.51. The van der Waals surface area contributed by atoms with Gasteiger partial charge in [0.15, 0.2) is 0 Å². The van der Waals surface area contributed by atoms with E-state index in [-0.39, 0.29) is 5.41 Å². The SMILES string of the molecule is Cc1cccc(C)c1-c1c2cc(C(C)(C)C)ccc2[n+](-c2ccccc2)c2c1ccc1ccccc12. The maximum atomic E-state index is 2.47. The first-order chi connectivity index (χ1) is 17.3. The lowest BCUT2D eigenvalue weighted by atomic mass is 9.83. The van der Waals surface area contributed by atoms with Crippen molar-refractivity contribution in [2.24, 2.45) is 0 Å². The van der Waals surface area contributed by atoms with Crippen LogP contribution in [-0.2, 0) is 5.41 Å². The zero-order valence-corrected chi connectivity index (χ0v) is 21.8. The Morgan fingerprint density at radius 1 is 0.556 bits per heavy atom. The van der Waals surface area contributed by atoms with Crippen molar-refractivity contribution < 1.29 is 4.57 Å². The molecule has 176 valence electrons. The standard InChI is InChI=1S/C35H32N/c1-23-12-11-13-24(2)32(23)33-29-20-18-25-14-9-10-17-28(25)34(29)36(27-15-7-6-8-16-27)31-21-19-26(22-30(31)33)35(3,4)5/h6-22H,1-5H3/q+1. The van der Waals surface area contributed by atoms with Crippen LogP contribution >= 0.6 is 0 Å². The fourth-order valence-corrected chi connectivity index (χ4v) is 5.68. The summed E-state index contributed by atoms with van der Waals surface area (Å²) >= 11 is 0. The van der Waals surface area contributed by atoms with Crippen molar-refractivity contribution in [2.75, 3.05) is 0 Å². The second kappa shape index (κ2) is 8.31. The van der Waals surface area contributed by atoms with Gasteiger partial charge in [-0.15, -0.1) is 0 Å². The Bertz CT molecular complexity index is 1750. The summed E-state index contributed by atoms with van der Waals surface area (Å²) < 4.78 is 2.47. The lowest BCUT2D eigenvalue weighted by Gasteiger charge is -2.21. The number of fused-ring (bicyclic) bond motifs is 4. The van der Waals surface area contributed by atoms with Gasteiger partial charge in [-0.1, -0.05) is 87.5 Å². The first kappa shape index (κ1) is 22.5. The van der Waals surface area contributed by atoms with Crippen molar-refractivity contribution in [1.82, 2.24) is 0 Å². The Morgan fingerprint density at radius 2 is 1.25 bits per heavy atom. The number of aryl methyl sites for hydroxylation is 2. The molecule has 0 unspecified atom stereocenters. The second-order valence-corrected chi connectivity index (χ2v) is 11.0. The van der Waals surface area contributed by atoms with Gasteiger partial charge >= 0.3 is 0 Å². The normalized spacial score (nSPS) is 12.0. The summed E-state index contributed by atoms with van der Waals surface area (Å²) in [7, 11) is 0. The van der Waals surface area contributed by atoms with Gasteiger partial charge < -0.3 is 0 Å². The number of benzene rings is 5. The van der Waals surface area contributed by atoms with Crippen LogP contribution in [0.4, 0.5) is 0 Å². The van der Waals surface area contributed by atoms with Crippen molar-refractivity contribution in [3.8, 4) is 16.8 Å². The van der Waals surface area contributed by atoms with Gasteiger partial charge in [-0.3, -0.25) is 0 Å². The first-order valence-electron chi connectivity index (χ1n) is 12.8. The van der Waals surface area contributed by atoms with Gasteiger partial charge in [0.25, 0.3) is 0 Å². The number of nitrogens with zero attached hydrogens (tertiary/aromatic N) is 1. The molecule has 0 atom stereocenters. The second-order valence-electron chi connectivity index (χ2n) is 11.0. The van der Waals surface area contributed by atoms with Gasteiger partial charge in [0.1, 0.15) is 0 Å². The van der Waals surface area contributed by atoms with Gasteiger partial charge in [0.05, 0.1) is 16.2 Å². The molecular formula is C35H32N+. The van der Waals surface area contributed by atoms with Crippen molar-refractivity contribution in [3.63, 3.8) is 0 Å². The van der Waals surface area contributed by atoms with Crippen LogP contribution < -0.4 is 4.57 Å². The average Bonchev–Trinajstić information content (AvgIpc) is 2.87. The van der Waals surface area contributed by atoms with E-state index < -0.39 is 0 Å². The molecule has 0 amide bonds. The molecule has 0 aliphatic carbocycles. The maximum absolute atomic E-state index is 2.47. The number of aromatic nitrogens is 1. The molecule has 6 rings (SSSR count). The van der Waals surface area contributed by atoms with E-state index in [4.69, 9.17) is 0 Å². The zero-order valence-electron chi connectivity index (χ0n) is 21.8. The smallest absolute Gasteiger partial charge is 0.152 e. The highest BCUT2D eigenvalue weighted by Crippen LogP contribution is 2.41. The van der Waals surface area contributed by atoms with Crippen molar-refractivity contribution in [3.05, 3.63) is 120 Å². The van der Waals surface area contributed by atoms with E-state index in [1.165, 1.54) is 66.1 Å². The molecule has 1 nitrogen and oxygen atoms in total. The molecule has 0 aliphatic rings. The third kappa shape index (κ3) is 3.50. The molecule has 0 bridgehead atoms. The largest absolute Gasteiger partial charge is 0.227 e. The molecule has 1 aromatic heterocycles. The van der Waals surface area contributed by atoms with Gasteiger partial charge in [-0.05, 0) is 65.1 Å². The Balaban J connectivity index is 1.95. The van der Waals surface area contributed by atoms with Gasteiger partial charge in [0, 0.05) is 23.8 Å². The highest BCUT2D eigenvalue weighted by molar-refractivity contribution is 6.15. The fraction of sp³-hybridized carbons (Fsp3) is 0.171. The van der Waals surface area contributed by atoms with E-state index in [0.717, 1.165) is 0 Å². The molecule has 0 saturated carbocycles. The van der Waals surface area contributed by atoms with Crippen LogP contribution in [0.15, 0.2) is 103 Å². The Labute approximate surface area is 213 Å². The zero-order chi connectivity index (χ0) is 25.0. The maximum Gasteiger partial charge on any atom is 0.227 e. The number of hydrogen-bond acceptors (Lipinski definition) is 0. The Morgan fingerprint density at radius 3 is 1.97 bits per heavy atom. The molecule has 1 heteroatoms. The van der Waals surface area contributed by atoms with E-state index in [9.17, 15) is 0 Å². The minimum absolute atomic E-state index is 0.0577. The summed E-state index contributed by atoms with van der Waals surface area (Å²) in [5, 5.41) is 5.11. The predicted octanol–water partition coefficient (Wildman–Crippen LogP) is 9.00. The molecule has 0 N–H and O–H groups in total. The first-order valence-corrected chi connectivity index (χ1v) is 12.8. The highest BCUT2D eigenvalue weighted by atomic mass is 15.0. The molecule has 0 saturated heterocycles. The lowest BCUT2D eigenvalue weighted by molar-refractivity contribution is -0.537. The van der Waals surface area contributed by atoms with Crippen LogP contribution in [0.2, 0.25) is 0 Å². The van der Waals surface area contributed by atoms with E-state index >= 15 is 0 Å². The molecule has 5 aromatic carbocycles. The van der Waals surface area contributed by atoms with Gasteiger partial charge in [-0.2, -0.15) is 4.57 Å². The quantitative estimate of drug-likeness (QED) is 0.136. The monoisotopic (exact) mass is 466 g/mol. The van der Waals surface area contributed by atoms with Crippen LogP contribution in [0, 0.1) is 13.8 Å². The third-order valence-electron chi connectivity index (χ3n) is 7.51. The molecular weight excluding hydrogens is 434 g/mol. The molecule has 36 heavy (non-hydrogen) atoms. The molecule has 1 heterocycles. The highest BCUT2D eigenvalue weighted by Gasteiger charge is 2.27. The van der Waals surface area contributed by atoms with Crippen molar-refractivity contribution in [2.45, 2.75) is 40.0 Å².